The molecule has 1 atom stereocenters. The topological polar surface area (TPSA) is 204 Å². The minimum absolute atomic E-state index is 0.00439. The van der Waals surface area contributed by atoms with Crippen LogP contribution in [0.4, 0.5) is 15.3 Å². The summed E-state index contributed by atoms with van der Waals surface area (Å²) >= 11 is 0. The third-order valence-electron chi connectivity index (χ3n) is 7.63. The van der Waals surface area contributed by atoms with E-state index in [2.05, 4.69) is 25.9 Å². The Kier molecular flexibility index (Phi) is 12.8. The van der Waals surface area contributed by atoms with Gasteiger partial charge < -0.3 is 35.1 Å². The van der Waals surface area contributed by atoms with Crippen molar-refractivity contribution in [1.29, 1.82) is 5.41 Å². The number of H-pyrrole nitrogens is 1. The van der Waals surface area contributed by atoms with E-state index in [1.54, 1.807) is 50.2 Å². The molecule has 1 saturated carbocycles. The number of aliphatic imine (C=N–C) groups is 1. The summed E-state index contributed by atoms with van der Waals surface area (Å²) in [5.74, 6) is -1.71. The van der Waals surface area contributed by atoms with Gasteiger partial charge in [-0.2, -0.15) is 0 Å². The molecule has 5 N–H and O–H groups in total. The smallest absolute Gasteiger partial charge is 0.423 e. The van der Waals surface area contributed by atoms with Gasteiger partial charge in [-0.1, -0.05) is 43.3 Å². The van der Waals surface area contributed by atoms with Crippen molar-refractivity contribution in [3.8, 4) is 0 Å². The number of hydrogen-bond acceptors (Lipinski definition) is 9. The van der Waals surface area contributed by atoms with E-state index in [9.17, 15) is 24.0 Å². The standard InChI is InChI=1S/C35H41N7O8/c1-5-15-37-32(44)27-17-38-29(22(27)3)30(39-19-36)42(28-16-25(12-11-21(28)2)31(43)41-26-13-14-26)35(47)50-20-49-33(45)23(4)40-34(46)48-18-24-9-7-6-8-10-24/h6-12,16-17,19,23,26,36,38H,5,13-15,18,20H2,1-4H3,(H,37,44)(H,40,46)(H,41,43). The van der Waals surface area contributed by atoms with Crippen LogP contribution in [0.25, 0.3) is 0 Å². The average molecular weight is 688 g/mol. The first-order valence-corrected chi connectivity index (χ1v) is 16.1. The summed E-state index contributed by atoms with van der Waals surface area (Å²) in [5.41, 5.74) is 2.70. The molecule has 15 heteroatoms. The first-order valence-electron chi connectivity index (χ1n) is 16.1. The summed E-state index contributed by atoms with van der Waals surface area (Å²) in [6.45, 7) is 6.25. The number of benzene rings is 2. The van der Waals surface area contributed by atoms with Crippen molar-refractivity contribution in [2.45, 2.75) is 65.6 Å². The van der Waals surface area contributed by atoms with Gasteiger partial charge in [-0.15, -0.1) is 0 Å². The predicted octanol–water partition coefficient (Wildman–Crippen LogP) is 4.48. The van der Waals surface area contributed by atoms with Crippen LogP contribution in [0.15, 0.2) is 59.7 Å². The number of aromatic amines is 1. The van der Waals surface area contributed by atoms with Gasteiger partial charge in [-0.3, -0.25) is 15.0 Å². The van der Waals surface area contributed by atoms with E-state index in [0.717, 1.165) is 36.1 Å². The Morgan fingerprint density at radius 2 is 1.78 bits per heavy atom. The van der Waals surface area contributed by atoms with Crippen LogP contribution in [0.3, 0.4) is 0 Å². The lowest BCUT2D eigenvalue weighted by Crippen LogP contribution is -2.42. The zero-order valence-electron chi connectivity index (χ0n) is 28.3. The average Bonchev–Trinajstić information content (AvgIpc) is 3.84. The quantitative estimate of drug-likeness (QED) is 0.0706. The molecule has 1 unspecified atom stereocenters. The number of esters is 1. The highest BCUT2D eigenvalue weighted by Gasteiger charge is 2.31. The van der Waals surface area contributed by atoms with Crippen LogP contribution in [0, 0.1) is 19.3 Å². The highest BCUT2D eigenvalue weighted by atomic mass is 16.7. The number of anilines is 1. The lowest BCUT2D eigenvalue weighted by molar-refractivity contribution is -0.153. The third kappa shape index (κ3) is 9.78. The molecule has 50 heavy (non-hydrogen) atoms. The van der Waals surface area contributed by atoms with Gasteiger partial charge in [0, 0.05) is 24.3 Å². The zero-order valence-corrected chi connectivity index (χ0v) is 28.3. The Morgan fingerprint density at radius 3 is 2.46 bits per heavy atom. The number of aromatic nitrogens is 1. The van der Waals surface area contributed by atoms with Gasteiger partial charge in [-0.05, 0) is 68.9 Å². The highest BCUT2D eigenvalue weighted by molar-refractivity contribution is 6.24. The fraction of sp³-hybridized carbons (Fsp3) is 0.343. The van der Waals surface area contributed by atoms with Gasteiger partial charge in [0.05, 0.1) is 16.9 Å². The van der Waals surface area contributed by atoms with Crippen LogP contribution in [0.2, 0.25) is 0 Å². The molecule has 2 aromatic carbocycles. The van der Waals surface area contributed by atoms with E-state index >= 15 is 0 Å². The highest BCUT2D eigenvalue weighted by Crippen LogP contribution is 2.28. The number of alkyl carbamates (subject to hydrolysis) is 1. The van der Waals surface area contributed by atoms with Gasteiger partial charge >= 0.3 is 18.2 Å². The van der Waals surface area contributed by atoms with Crippen LogP contribution in [-0.2, 0) is 25.6 Å². The maximum absolute atomic E-state index is 13.9. The van der Waals surface area contributed by atoms with Crippen molar-refractivity contribution in [2.75, 3.05) is 18.2 Å². The van der Waals surface area contributed by atoms with E-state index in [0.29, 0.717) is 23.2 Å². The number of aryl methyl sites for hydroxylation is 1. The number of nitrogens with zero attached hydrogens (tertiary/aromatic N) is 2. The molecule has 0 bridgehead atoms. The van der Waals surface area contributed by atoms with E-state index in [-0.39, 0.29) is 47.2 Å². The molecule has 1 heterocycles. The summed E-state index contributed by atoms with van der Waals surface area (Å²) < 4.78 is 15.6. The molecule has 4 rings (SSSR count). The molecule has 0 spiro atoms. The minimum Gasteiger partial charge on any atom is -0.445 e. The van der Waals surface area contributed by atoms with Crippen molar-refractivity contribution in [1.82, 2.24) is 20.9 Å². The van der Waals surface area contributed by atoms with Crippen LogP contribution >= 0.6 is 0 Å². The molecule has 15 nitrogen and oxygen atoms in total. The number of amides is 4. The van der Waals surface area contributed by atoms with Crippen molar-refractivity contribution < 1.29 is 38.2 Å². The second kappa shape index (κ2) is 17.4. The van der Waals surface area contributed by atoms with Gasteiger partial charge in [0.1, 0.15) is 19.0 Å². The SMILES string of the molecule is CCCNC(=O)c1c[nH]c(C(=NC=N)N(C(=O)OCOC(=O)C(C)NC(=O)OCc2ccccc2)c2cc(C(=O)NC3CC3)ccc2C)c1C. The molecule has 1 aromatic heterocycles. The monoisotopic (exact) mass is 687 g/mol. The Bertz CT molecular complexity index is 1750. The first kappa shape index (κ1) is 36.8. The molecular weight excluding hydrogens is 646 g/mol. The molecule has 264 valence electrons. The summed E-state index contributed by atoms with van der Waals surface area (Å²) in [6.07, 6.45) is 2.74. The van der Waals surface area contributed by atoms with Crippen molar-refractivity contribution in [3.05, 3.63) is 88.2 Å². The molecule has 1 aliphatic carbocycles. The van der Waals surface area contributed by atoms with Crippen LogP contribution in [0.1, 0.15) is 76.2 Å². The van der Waals surface area contributed by atoms with Gasteiger partial charge in [0.25, 0.3) is 11.8 Å². The fourth-order valence-electron chi connectivity index (χ4n) is 4.71. The molecule has 1 fully saturated rings. The second-order valence-corrected chi connectivity index (χ2v) is 11.5. The van der Waals surface area contributed by atoms with Crippen LogP contribution in [0.5, 0.6) is 0 Å². The lowest BCUT2D eigenvalue weighted by Gasteiger charge is -2.25. The Labute approximate surface area is 289 Å². The molecular formula is C35H41N7O8. The number of hydrogen-bond donors (Lipinski definition) is 5. The Morgan fingerprint density at radius 1 is 1.04 bits per heavy atom. The molecule has 0 saturated heterocycles. The van der Waals surface area contributed by atoms with Crippen molar-refractivity contribution >= 4 is 47.8 Å². The van der Waals surface area contributed by atoms with Crippen molar-refractivity contribution in [3.63, 3.8) is 0 Å². The summed E-state index contributed by atoms with van der Waals surface area (Å²) in [6, 6.07) is 12.7. The van der Waals surface area contributed by atoms with Gasteiger partial charge in [-0.25, -0.2) is 24.3 Å². The maximum Gasteiger partial charge on any atom is 0.423 e. The third-order valence-corrected chi connectivity index (χ3v) is 7.63. The summed E-state index contributed by atoms with van der Waals surface area (Å²) in [7, 11) is 0. The molecule has 4 amide bonds. The maximum atomic E-state index is 13.9. The number of carbonyl (C=O) groups is 5. The molecule has 3 aromatic rings. The fourth-order valence-corrected chi connectivity index (χ4v) is 4.71. The van der Waals surface area contributed by atoms with Gasteiger partial charge in [0.15, 0.2) is 5.84 Å². The van der Waals surface area contributed by atoms with Crippen LogP contribution < -0.4 is 20.9 Å². The normalized spacial score (nSPS) is 13.0. The molecule has 0 aliphatic heterocycles. The van der Waals surface area contributed by atoms with Crippen LogP contribution in [-0.4, -0.2) is 72.5 Å². The number of nitrogens with one attached hydrogen (secondary N) is 5. The largest absolute Gasteiger partial charge is 0.445 e. The number of rotatable bonds is 14. The number of carbonyl (C=O) groups excluding carboxylic acids is 5. The Hall–Kier alpha value is -5.99. The van der Waals surface area contributed by atoms with E-state index in [4.69, 9.17) is 19.6 Å². The summed E-state index contributed by atoms with van der Waals surface area (Å²) in [4.78, 5) is 72.7. The van der Waals surface area contributed by atoms with E-state index in [1.165, 1.54) is 19.2 Å². The Balaban J connectivity index is 1.54. The van der Waals surface area contributed by atoms with E-state index in [1.807, 2.05) is 13.0 Å². The second-order valence-electron chi connectivity index (χ2n) is 11.5. The van der Waals surface area contributed by atoms with Crippen molar-refractivity contribution in [2.24, 2.45) is 4.99 Å². The van der Waals surface area contributed by atoms with E-state index < -0.39 is 31.0 Å². The number of amidine groups is 1. The minimum atomic E-state index is -1.15. The number of ether oxygens (including phenoxy) is 3. The van der Waals surface area contributed by atoms with Gasteiger partial charge in [0.2, 0.25) is 6.79 Å². The first-order chi connectivity index (χ1) is 24.0. The zero-order chi connectivity index (χ0) is 36.2. The summed E-state index contributed by atoms with van der Waals surface area (Å²) in [5, 5.41) is 15.9. The predicted molar refractivity (Wildman–Crippen MR) is 184 cm³/mol. The lowest BCUT2D eigenvalue weighted by atomic mass is 10.1. The molecule has 1 aliphatic rings. The molecule has 0 radical (unpaired) electrons.